The van der Waals surface area contributed by atoms with Gasteiger partial charge in [-0.15, -0.1) is 12.4 Å². The quantitative estimate of drug-likeness (QED) is 0.821. The second-order valence-corrected chi connectivity index (χ2v) is 7.57. The Morgan fingerprint density at radius 3 is 2.35 bits per heavy atom. The van der Waals surface area contributed by atoms with E-state index in [1.165, 1.54) is 25.7 Å². The molecule has 0 radical (unpaired) electrons. The van der Waals surface area contributed by atoms with E-state index in [9.17, 15) is 4.79 Å². The highest BCUT2D eigenvalue weighted by atomic mass is 35.5. The van der Waals surface area contributed by atoms with Gasteiger partial charge in [0.2, 0.25) is 5.91 Å². The van der Waals surface area contributed by atoms with Crippen LogP contribution in [0.2, 0.25) is 0 Å². The summed E-state index contributed by atoms with van der Waals surface area (Å²) in [6.45, 7) is 5.03. The highest BCUT2D eigenvalue weighted by molar-refractivity contribution is 5.85. The molecule has 1 unspecified atom stereocenters. The van der Waals surface area contributed by atoms with Gasteiger partial charge in [-0.25, -0.2) is 0 Å². The van der Waals surface area contributed by atoms with Gasteiger partial charge in [0.15, 0.2) is 0 Å². The molecule has 26 heavy (non-hydrogen) atoms. The van der Waals surface area contributed by atoms with E-state index < -0.39 is 0 Å². The van der Waals surface area contributed by atoms with E-state index in [1.807, 2.05) is 13.1 Å². The van der Waals surface area contributed by atoms with Crippen molar-refractivity contribution in [2.75, 3.05) is 39.8 Å². The van der Waals surface area contributed by atoms with Gasteiger partial charge < -0.3 is 10.2 Å². The van der Waals surface area contributed by atoms with Crippen molar-refractivity contribution in [3.63, 3.8) is 0 Å². The Morgan fingerprint density at radius 1 is 1.08 bits per heavy atom. The molecule has 4 nitrogen and oxygen atoms in total. The second kappa shape index (κ2) is 10.9. The summed E-state index contributed by atoms with van der Waals surface area (Å²) in [4.78, 5) is 17.9. The lowest BCUT2D eigenvalue weighted by Crippen LogP contribution is -2.47. The highest BCUT2D eigenvalue weighted by Crippen LogP contribution is 2.30. The number of hydrogen-bond acceptors (Lipinski definition) is 3. The zero-order valence-electron chi connectivity index (χ0n) is 16.0. The molecule has 1 amide bonds. The summed E-state index contributed by atoms with van der Waals surface area (Å²) in [5.41, 5.74) is 1.16. The molecule has 2 fully saturated rings. The lowest BCUT2D eigenvalue weighted by Gasteiger charge is -2.40. The summed E-state index contributed by atoms with van der Waals surface area (Å²) in [6.07, 6.45) is 7.23. The Hall–Kier alpha value is -1.10. The average molecular weight is 380 g/mol. The molecule has 0 bridgehead atoms. The minimum Gasteiger partial charge on any atom is -0.341 e. The lowest BCUT2D eigenvalue weighted by atomic mass is 9.91. The number of rotatable bonds is 6. The van der Waals surface area contributed by atoms with Crippen molar-refractivity contribution in [1.82, 2.24) is 15.1 Å². The molecule has 0 aliphatic carbocycles. The van der Waals surface area contributed by atoms with Crippen molar-refractivity contribution in [2.24, 2.45) is 5.92 Å². The number of carbonyl (C=O) groups excluding carboxylic acids is 1. The van der Waals surface area contributed by atoms with Crippen LogP contribution in [0.3, 0.4) is 0 Å². The maximum atomic E-state index is 13.3. The Kier molecular flexibility index (Phi) is 8.89. The van der Waals surface area contributed by atoms with Gasteiger partial charge in [-0.2, -0.15) is 0 Å². The number of nitrogens with one attached hydrogen (secondary N) is 1. The van der Waals surface area contributed by atoms with Crippen LogP contribution in [0.25, 0.3) is 0 Å². The molecule has 3 rings (SSSR count). The highest BCUT2D eigenvalue weighted by Gasteiger charge is 2.33. The summed E-state index contributed by atoms with van der Waals surface area (Å²) in [5, 5.41) is 3.26. The molecule has 2 heterocycles. The van der Waals surface area contributed by atoms with Gasteiger partial charge in [0.1, 0.15) is 6.04 Å². The van der Waals surface area contributed by atoms with Crippen molar-refractivity contribution < 1.29 is 4.79 Å². The second-order valence-electron chi connectivity index (χ2n) is 7.57. The number of piperidine rings is 2. The Bertz CT molecular complexity index is 525. The van der Waals surface area contributed by atoms with Crippen LogP contribution in [0.5, 0.6) is 0 Å². The third-order valence-electron chi connectivity index (χ3n) is 5.83. The molecular weight excluding hydrogens is 346 g/mol. The normalized spacial score (nSPS) is 20.4. The van der Waals surface area contributed by atoms with E-state index in [0.717, 1.165) is 57.0 Å². The summed E-state index contributed by atoms with van der Waals surface area (Å²) in [5.74, 6) is 1.12. The number of hydrogen-bond donors (Lipinski definition) is 1. The van der Waals surface area contributed by atoms with Gasteiger partial charge in [0.25, 0.3) is 0 Å². The van der Waals surface area contributed by atoms with Crippen LogP contribution in [0.1, 0.15) is 50.1 Å². The van der Waals surface area contributed by atoms with Crippen molar-refractivity contribution in [3.05, 3.63) is 35.9 Å². The predicted molar refractivity (Wildman–Crippen MR) is 110 cm³/mol. The van der Waals surface area contributed by atoms with Gasteiger partial charge in [-0.3, -0.25) is 9.69 Å². The maximum absolute atomic E-state index is 13.3. The topological polar surface area (TPSA) is 35.6 Å². The number of likely N-dealkylation sites (tertiary alicyclic amines) is 2. The Morgan fingerprint density at radius 2 is 1.73 bits per heavy atom. The fourth-order valence-electron chi connectivity index (χ4n) is 4.28. The Labute approximate surface area is 164 Å². The van der Waals surface area contributed by atoms with Gasteiger partial charge in [0.05, 0.1) is 0 Å². The fraction of sp³-hybridized carbons (Fsp3) is 0.667. The molecule has 0 saturated carbocycles. The molecule has 146 valence electrons. The monoisotopic (exact) mass is 379 g/mol. The largest absolute Gasteiger partial charge is 0.341 e. The summed E-state index contributed by atoms with van der Waals surface area (Å²) < 4.78 is 0. The zero-order valence-corrected chi connectivity index (χ0v) is 16.8. The zero-order chi connectivity index (χ0) is 17.5. The third-order valence-corrected chi connectivity index (χ3v) is 5.83. The molecule has 0 aromatic heterocycles. The molecule has 1 aromatic carbocycles. The first kappa shape index (κ1) is 21.2. The molecule has 2 aliphatic rings. The fourth-order valence-corrected chi connectivity index (χ4v) is 4.28. The number of benzene rings is 1. The van der Waals surface area contributed by atoms with E-state index in [4.69, 9.17) is 0 Å². The van der Waals surface area contributed by atoms with Crippen molar-refractivity contribution >= 4 is 18.3 Å². The SMILES string of the molecule is CNCCC1CCN(C(C(=O)N2CCCCC2)c2ccccc2)CC1.Cl. The van der Waals surface area contributed by atoms with Crippen molar-refractivity contribution in [2.45, 2.75) is 44.6 Å². The van der Waals surface area contributed by atoms with Crippen LogP contribution in [-0.4, -0.2) is 55.5 Å². The van der Waals surface area contributed by atoms with E-state index in [2.05, 4.69) is 39.4 Å². The predicted octanol–water partition coefficient (Wildman–Crippen LogP) is 3.48. The van der Waals surface area contributed by atoms with E-state index in [0.29, 0.717) is 5.91 Å². The minimum atomic E-state index is -0.0930. The average Bonchev–Trinajstić information content (AvgIpc) is 2.69. The first-order valence-electron chi connectivity index (χ1n) is 10.0. The molecule has 1 atom stereocenters. The van der Waals surface area contributed by atoms with Crippen LogP contribution >= 0.6 is 12.4 Å². The molecule has 5 heteroatoms. The molecular formula is C21H34ClN3O. The van der Waals surface area contributed by atoms with Crippen molar-refractivity contribution in [3.8, 4) is 0 Å². The van der Waals surface area contributed by atoms with Crippen LogP contribution in [0, 0.1) is 5.92 Å². The summed E-state index contributed by atoms with van der Waals surface area (Å²) >= 11 is 0. The van der Waals surface area contributed by atoms with Crippen LogP contribution in [-0.2, 0) is 4.79 Å². The van der Waals surface area contributed by atoms with Gasteiger partial charge in [-0.05, 0) is 76.7 Å². The first-order valence-corrected chi connectivity index (χ1v) is 10.0. The van der Waals surface area contributed by atoms with E-state index >= 15 is 0 Å². The van der Waals surface area contributed by atoms with Gasteiger partial charge in [-0.1, -0.05) is 30.3 Å². The van der Waals surface area contributed by atoms with Crippen LogP contribution in [0.15, 0.2) is 30.3 Å². The lowest BCUT2D eigenvalue weighted by molar-refractivity contribution is -0.139. The molecule has 2 saturated heterocycles. The standard InChI is InChI=1S/C21H33N3O.ClH/c1-22-13-10-18-11-16-23(17-12-18)20(19-8-4-2-5-9-19)21(25)24-14-6-3-7-15-24;/h2,4-5,8-9,18,20,22H,3,6-7,10-17H2,1H3;1H. The molecule has 0 spiro atoms. The third kappa shape index (κ3) is 5.45. The maximum Gasteiger partial charge on any atom is 0.244 e. The van der Waals surface area contributed by atoms with Crippen LogP contribution < -0.4 is 5.32 Å². The molecule has 1 aromatic rings. The van der Waals surface area contributed by atoms with Crippen molar-refractivity contribution in [1.29, 1.82) is 0 Å². The van der Waals surface area contributed by atoms with E-state index in [1.54, 1.807) is 0 Å². The Balaban J connectivity index is 0.00000243. The smallest absolute Gasteiger partial charge is 0.244 e. The minimum absolute atomic E-state index is 0. The summed E-state index contributed by atoms with van der Waals surface area (Å²) in [7, 11) is 2.03. The number of carbonyl (C=O) groups is 1. The number of amides is 1. The number of nitrogens with zero attached hydrogens (tertiary/aromatic N) is 2. The first-order chi connectivity index (χ1) is 12.3. The summed E-state index contributed by atoms with van der Waals surface area (Å²) in [6, 6.07) is 10.3. The molecule has 2 aliphatic heterocycles. The molecule has 1 N–H and O–H groups in total. The van der Waals surface area contributed by atoms with Crippen LogP contribution in [0.4, 0.5) is 0 Å². The van der Waals surface area contributed by atoms with Gasteiger partial charge in [0, 0.05) is 13.1 Å². The number of halogens is 1. The van der Waals surface area contributed by atoms with E-state index in [-0.39, 0.29) is 18.4 Å². The van der Waals surface area contributed by atoms with Gasteiger partial charge >= 0.3 is 0 Å².